The molecule has 1 unspecified atom stereocenters. The van der Waals surface area contributed by atoms with Crippen LogP contribution in [-0.2, 0) is 36.2 Å². The summed E-state index contributed by atoms with van der Waals surface area (Å²) in [5, 5.41) is 2.65. The largest absolute Gasteiger partial charge is 0.495 e. The van der Waals surface area contributed by atoms with Crippen LogP contribution in [0.5, 0.6) is 5.75 Å². The average molecular weight is 914 g/mol. The van der Waals surface area contributed by atoms with Crippen molar-refractivity contribution in [2.75, 3.05) is 36.5 Å². The van der Waals surface area contributed by atoms with E-state index in [2.05, 4.69) is 21.7 Å². The maximum absolute atomic E-state index is 15.1. The molecule has 0 saturated carbocycles. The van der Waals surface area contributed by atoms with Crippen molar-refractivity contribution in [1.82, 2.24) is 24.1 Å². The number of sulfonamides is 2. The summed E-state index contributed by atoms with van der Waals surface area (Å²) >= 11 is 0. The van der Waals surface area contributed by atoms with Crippen LogP contribution in [0.3, 0.4) is 0 Å². The summed E-state index contributed by atoms with van der Waals surface area (Å²) < 4.78 is 63.8. The van der Waals surface area contributed by atoms with E-state index in [4.69, 9.17) is 9.72 Å². The summed E-state index contributed by atoms with van der Waals surface area (Å²) in [6.45, 7) is 1.98. The van der Waals surface area contributed by atoms with E-state index in [-0.39, 0.29) is 51.7 Å². The zero-order chi connectivity index (χ0) is 45.9. The molecule has 1 aliphatic heterocycles. The molecule has 64 heavy (non-hydrogen) atoms. The minimum Gasteiger partial charge on any atom is -0.495 e. The van der Waals surface area contributed by atoms with Gasteiger partial charge in [-0.3, -0.25) is 23.7 Å². The molecule has 0 bridgehead atoms. The molecule has 5 aromatic rings. The van der Waals surface area contributed by atoms with E-state index < -0.39 is 61.9 Å². The monoisotopic (exact) mass is 913 g/mol. The van der Waals surface area contributed by atoms with Gasteiger partial charge in [0.05, 0.1) is 40.7 Å². The number of carbonyl (C=O) groups excluding carboxylic acids is 3. The van der Waals surface area contributed by atoms with E-state index in [9.17, 15) is 31.2 Å². The van der Waals surface area contributed by atoms with Gasteiger partial charge in [-0.1, -0.05) is 119 Å². The number of hydrogen-bond donors (Lipinski definition) is 3. The molecule has 18 heteroatoms. The highest BCUT2D eigenvalue weighted by molar-refractivity contribution is 7.92. The van der Waals surface area contributed by atoms with Crippen molar-refractivity contribution in [3.8, 4) is 11.4 Å². The molecule has 0 aliphatic carbocycles. The van der Waals surface area contributed by atoms with Crippen molar-refractivity contribution in [2.45, 2.75) is 88.6 Å². The van der Waals surface area contributed by atoms with E-state index in [0.29, 0.717) is 16.9 Å². The lowest BCUT2D eigenvalue weighted by atomic mass is 10.1. The van der Waals surface area contributed by atoms with Crippen LogP contribution < -0.4 is 25.1 Å². The lowest BCUT2D eigenvalue weighted by molar-refractivity contribution is -0.132. The zero-order valence-corrected chi connectivity index (χ0v) is 37.9. The molecule has 3 N–H and O–H groups in total. The van der Waals surface area contributed by atoms with Gasteiger partial charge in [-0.05, 0) is 54.4 Å². The number of urea groups is 1. The molecule has 340 valence electrons. The molecule has 0 radical (unpaired) electrons. The van der Waals surface area contributed by atoms with Gasteiger partial charge in [-0.25, -0.2) is 36.2 Å². The van der Waals surface area contributed by atoms with Gasteiger partial charge < -0.3 is 15.0 Å². The number of aromatic nitrogens is 2. The number of nitrogens with zero attached hydrogens (tertiary/aromatic N) is 4. The molecule has 6 rings (SSSR count). The first-order valence-corrected chi connectivity index (χ1v) is 24.8. The van der Waals surface area contributed by atoms with Gasteiger partial charge in [0.1, 0.15) is 23.6 Å². The molecule has 16 nitrogen and oxygen atoms in total. The molecule has 1 saturated heterocycles. The lowest BCUT2D eigenvalue weighted by Crippen LogP contribution is -2.45. The summed E-state index contributed by atoms with van der Waals surface area (Å²) in [5.41, 5.74) is -0.174. The molecule has 1 aromatic heterocycles. The van der Waals surface area contributed by atoms with Crippen LogP contribution in [0.1, 0.15) is 88.6 Å². The van der Waals surface area contributed by atoms with Crippen molar-refractivity contribution in [1.29, 1.82) is 0 Å². The number of hydrogen-bond acceptors (Lipinski definition) is 10. The van der Waals surface area contributed by atoms with Gasteiger partial charge in [-0.15, -0.1) is 0 Å². The van der Waals surface area contributed by atoms with Gasteiger partial charge in [0.2, 0.25) is 20.0 Å². The van der Waals surface area contributed by atoms with Crippen molar-refractivity contribution < 1.29 is 36.0 Å². The minimum absolute atomic E-state index is 0.00910. The van der Waals surface area contributed by atoms with Crippen LogP contribution in [0.2, 0.25) is 0 Å². The summed E-state index contributed by atoms with van der Waals surface area (Å²) in [5.74, 6) is -2.21. The predicted octanol–water partition coefficient (Wildman–Crippen LogP) is 7.11. The van der Waals surface area contributed by atoms with E-state index >= 15 is 4.79 Å². The van der Waals surface area contributed by atoms with Crippen molar-refractivity contribution in [3.63, 3.8) is 0 Å². The fourth-order valence-corrected chi connectivity index (χ4v) is 9.34. The Bertz CT molecular complexity index is 2730. The lowest BCUT2D eigenvalue weighted by Gasteiger charge is -2.28. The fraction of sp³-hybridized carbons (Fsp3) is 0.370. The van der Waals surface area contributed by atoms with Gasteiger partial charge in [0.25, 0.3) is 17.4 Å². The highest BCUT2D eigenvalue weighted by atomic mass is 32.2. The molecule has 0 spiro atoms. The summed E-state index contributed by atoms with van der Waals surface area (Å²) in [4.78, 5) is 64.7. The number of para-hydroxylation sites is 2. The van der Waals surface area contributed by atoms with Crippen LogP contribution in [0, 0.1) is 0 Å². The first kappa shape index (κ1) is 47.4. The van der Waals surface area contributed by atoms with Crippen LogP contribution in [0.4, 0.5) is 16.2 Å². The van der Waals surface area contributed by atoms with Gasteiger partial charge >= 0.3 is 6.03 Å². The molecular formula is C46H55N7O9S2. The molecular weight excluding hydrogens is 859 g/mol. The number of benzene rings is 4. The Morgan fingerprint density at radius 3 is 2.06 bits per heavy atom. The Labute approximate surface area is 374 Å². The van der Waals surface area contributed by atoms with E-state index in [1.807, 2.05) is 0 Å². The molecule has 1 aliphatic rings. The molecule has 4 aromatic carbocycles. The number of fused-ring (bicyclic) bond motifs is 1. The number of imide groups is 1. The third kappa shape index (κ3) is 11.7. The molecule has 1 atom stereocenters. The van der Waals surface area contributed by atoms with E-state index in [0.717, 1.165) is 36.5 Å². The fourth-order valence-electron chi connectivity index (χ4n) is 7.67. The SMILES string of the molecule is CCCCCCCCCCCCNS(=O)(=O)c1ccc(OC)c(NC(=O)C(c2nc3c(NS(C)(=O)=O)cccc3c(=O)n2-c2ccccc2)N2C(=O)CN(Cc3ccccc3)C2=O)c1. The normalized spacial score (nSPS) is 13.7. The molecule has 1 fully saturated rings. The molecule has 2 heterocycles. The van der Waals surface area contributed by atoms with Crippen LogP contribution in [0.15, 0.2) is 107 Å². The number of anilines is 2. The van der Waals surface area contributed by atoms with E-state index in [1.165, 1.54) is 80.5 Å². The maximum Gasteiger partial charge on any atom is 0.328 e. The van der Waals surface area contributed by atoms with E-state index in [1.54, 1.807) is 60.7 Å². The Kier molecular flexibility index (Phi) is 15.9. The van der Waals surface area contributed by atoms with Gasteiger partial charge in [0.15, 0.2) is 6.04 Å². The second kappa shape index (κ2) is 21.5. The Morgan fingerprint density at radius 1 is 0.781 bits per heavy atom. The number of nitrogens with one attached hydrogen (secondary N) is 3. The first-order valence-electron chi connectivity index (χ1n) is 21.4. The minimum atomic E-state index is -4.08. The third-order valence-electron chi connectivity index (χ3n) is 10.8. The van der Waals surface area contributed by atoms with Crippen LogP contribution >= 0.6 is 0 Å². The van der Waals surface area contributed by atoms with Crippen LogP contribution in [0.25, 0.3) is 16.6 Å². The number of ether oxygens (including phenoxy) is 1. The van der Waals surface area contributed by atoms with Gasteiger partial charge in [-0.2, -0.15) is 0 Å². The third-order valence-corrected chi connectivity index (χ3v) is 12.9. The van der Waals surface area contributed by atoms with Crippen LogP contribution in [-0.4, -0.2) is 80.5 Å². The maximum atomic E-state index is 15.1. The highest BCUT2D eigenvalue weighted by Crippen LogP contribution is 2.34. The van der Waals surface area contributed by atoms with Gasteiger partial charge in [0, 0.05) is 13.1 Å². The quantitative estimate of drug-likeness (QED) is 0.0447. The van der Waals surface area contributed by atoms with Crippen molar-refractivity contribution in [2.24, 2.45) is 0 Å². The van der Waals surface area contributed by atoms with Crippen molar-refractivity contribution in [3.05, 3.63) is 119 Å². The number of amides is 4. The zero-order valence-electron chi connectivity index (χ0n) is 36.3. The summed E-state index contributed by atoms with van der Waals surface area (Å²) in [6, 6.07) is 22.4. The number of unbranched alkanes of at least 4 members (excludes halogenated alkanes) is 9. The number of carbonyl (C=O) groups is 3. The average Bonchev–Trinajstić information content (AvgIpc) is 3.53. The second-order valence-electron chi connectivity index (χ2n) is 15.7. The van der Waals surface area contributed by atoms with Crippen molar-refractivity contribution >= 4 is 60.2 Å². The predicted molar refractivity (Wildman–Crippen MR) is 246 cm³/mol. The smallest absolute Gasteiger partial charge is 0.328 e. The Morgan fingerprint density at radius 2 is 1.42 bits per heavy atom. The number of rotatable bonds is 23. The highest BCUT2D eigenvalue weighted by Gasteiger charge is 2.46. The number of methoxy groups -OCH3 is 1. The summed E-state index contributed by atoms with van der Waals surface area (Å²) in [6.07, 6.45) is 11.8. The Hall–Kier alpha value is -6.11. The summed E-state index contributed by atoms with van der Waals surface area (Å²) in [7, 11) is -6.68. The Balaban J connectivity index is 1.38. The first-order chi connectivity index (χ1) is 30.7. The molecule has 4 amide bonds. The standard InChI is InChI=1S/C46H55N7O9S2/c1-4-5-6-7-8-9-10-11-12-19-29-47-64(60,61)35-27-28-39(62-2)38(30-35)48-44(55)42(53-40(54)32-51(46(53)57)31-33-21-15-13-16-22-33)43-49-41-36(25-20-26-37(41)50-63(3,58)59)45(56)52(43)34-23-17-14-18-24-34/h13-18,20-28,30,42,47,50H,4-12,19,29,31-32H2,1-3H3,(H,48,55). The topological polar surface area (TPSA) is 206 Å². The second-order valence-corrected chi connectivity index (χ2v) is 19.3.